The van der Waals surface area contributed by atoms with Crippen LogP contribution < -0.4 is 5.32 Å². The van der Waals surface area contributed by atoms with Crippen LogP contribution in [0.15, 0.2) is 47.3 Å². The van der Waals surface area contributed by atoms with Gasteiger partial charge in [0, 0.05) is 23.3 Å². The summed E-state index contributed by atoms with van der Waals surface area (Å²) in [5, 5.41) is 7.30. The van der Waals surface area contributed by atoms with E-state index in [9.17, 15) is 14.0 Å². The van der Waals surface area contributed by atoms with Crippen LogP contribution in [0.4, 0.5) is 4.39 Å². The lowest BCUT2D eigenvalue weighted by Gasteiger charge is -2.02. The van der Waals surface area contributed by atoms with Crippen LogP contribution in [0.5, 0.6) is 0 Å². The van der Waals surface area contributed by atoms with E-state index in [1.54, 1.807) is 24.5 Å². The van der Waals surface area contributed by atoms with Crippen molar-refractivity contribution in [2.45, 2.75) is 13.0 Å². The number of fused-ring (bicyclic) bond motifs is 2. The Kier molecular flexibility index (Phi) is 4.48. The second kappa shape index (κ2) is 7.10. The molecule has 4 rings (SSSR count). The highest BCUT2D eigenvalue weighted by atomic mass is 19.1. The monoisotopic (exact) mass is 382 g/mol. The first-order chi connectivity index (χ1) is 13.5. The number of esters is 1. The van der Waals surface area contributed by atoms with Crippen LogP contribution in [0.2, 0.25) is 0 Å². The normalized spacial score (nSPS) is 11.1. The Morgan fingerprint density at radius 2 is 2.18 bits per heavy atom. The van der Waals surface area contributed by atoms with Crippen LogP contribution in [0.1, 0.15) is 21.7 Å². The largest absolute Gasteiger partial charge is 0.469 e. The van der Waals surface area contributed by atoms with Crippen molar-refractivity contribution in [1.82, 2.24) is 19.9 Å². The van der Waals surface area contributed by atoms with E-state index in [4.69, 9.17) is 4.42 Å². The predicted molar refractivity (Wildman–Crippen MR) is 96.0 cm³/mol. The lowest BCUT2D eigenvalue weighted by molar-refractivity contribution is -0.139. The number of carbonyl (C=O) groups is 2. The number of hydrogen-bond acceptors (Lipinski definition) is 6. The number of amides is 1. The van der Waals surface area contributed by atoms with Crippen molar-refractivity contribution in [1.29, 1.82) is 0 Å². The molecule has 0 fully saturated rings. The molecule has 1 aromatic carbocycles. The highest BCUT2D eigenvalue weighted by Crippen LogP contribution is 2.25. The number of furan rings is 1. The zero-order chi connectivity index (χ0) is 19.7. The van der Waals surface area contributed by atoms with E-state index in [0.717, 1.165) is 0 Å². The van der Waals surface area contributed by atoms with Gasteiger partial charge in [0.25, 0.3) is 5.91 Å². The summed E-state index contributed by atoms with van der Waals surface area (Å²) in [6, 6.07) is 5.87. The number of nitrogens with one attached hydrogen (secondary N) is 1. The van der Waals surface area contributed by atoms with Crippen molar-refractivity contribution in [3.63, 3.8) is 0 Å². The Balaban J connectivity index is 1.56. The minimum atomic E-state index is -0.501. The molecular formula is C19H15FN4O4. The maximum Gasteiger partial charge on any atom is 0.310 e. The van der Waals surface area contributed by atoms with Crippen molar-refractivity contribution in [2.24, 2.45) is 0 Å². The van der Waals surface area contributed by atoms with E-state index < -0.39 is 11.8 Å². The third-order valence-corrected chi connectivity index (χ3v) is 4.22. The van der Waals surface area contributed by atoms with Crippen molar-refractivity contribution in [2.75, 3.05) is 7.11 Å². The van der Waals surface area contributed by atoms with Gasteiger partial charge in [-0.15, -0.1) is 0 Å². The molecule has 0 unspecified atom stereocenters. The smallest absolute Gasteiger partial charge is 0.310 e. The Labute approximate surface area is 157 Å². The van der Waals surface area contributed by atoms with E-state index in [1.807, 2.05) is 0 Å². The molecule has 28 heavy (non-hydrogen) atoms. The molecule has 9 heteroatoms. The molecule has 0 aliphatic carbocycles. The van der Waals surface area contributed by atoms with Crippen molar-refractivity contribution in [3.05, 3.63) is 65.6 Å². The second-order valence-corrected chi connectivity index (χ2v) is 6.08. The fraction of sp³-hybridized carbons (Fsp3) is 0.158. The Morgan fingerprint density at radius 3 is 3.00 bits per heavy atom. The Bertz CT molecular complexity index is 1200. The maximum absolute atomic E-state index is 13.8. The number of ether oxygens (including phenoxy) is 1. The van der Waals surface area contributed by atoms with E-state index >= 15 is 0 Å². The van der Waals surface area contributed by atoms with Gasteiger partial charge in [-0.1, -0.05) is 0 Å². The summed E-state index contributed by atoms with van der Waals surface area (Å²) >= 11 is 0. The summed E-state index contributed by atoms with van der Waals surface area (Å²) in [6.45, 7) is 0.0803. The van der Waals surface area contributed by atoms with E-state index in [1.165, 1.54) is 30.0 Å². The molecule has 1 amide bonds. The molecule has 1 N–H and O–H groups in total. The Hall–Kier alpha value is -3.75. The first kappa shape index (κ1) is 17.7. The van der Waals surface area contributed by atoms with E-state index in [-0.39, 0.29) is 18.9 Å². The fourth-order valence-corrected chi connectivity index (χ4v) is 2.93. The summed E-state index contributed by atoms with van der Waals surface area (Å²) in [5.74, 6) is -0.932. The number of hydrogen-bond donors (Lipinski definition) is 1. The van der Waals surface area contributed by atoms with Gasteiger partial charge in [0.2, 0.25) is 0 Å². The van der Waals surface area contributed by atoms with Gasteiger partial charge in [0.15, 0.2) is 5.65 Å². The summed E-state index contributed by atoms with van der Waals surface area (Å²) in [6.07, 6.45) is 4.58. The number of rotatable bonds is 5. The third-order valence-electron chi connectivity index (χ3n) is 4.22. The third kappa shape index (κ3) is 3.29. The SMILES string of the molecule is COC(=O)Cc1cc(F)cc2cc(CNC(=O)c3cnn4cccnc34)oc12. The van der Waals surface area contributed by atoms with E-state index in [0.29, 0.717) is 33.5 Å². The highest BCUT2D eigenvalue weighted by molar-refractivity contribution is 5.99. The average Bonchev–Trinajstić information content (AvgIpc) is 3.30. The van der Waals surface area contributed by atoms with Crippen molar-refractivity contribution >= 4 is 28.5 Å². The molecule has 142 valence electrons. The first-order valence-corrected chi connectivity index (χ1v) is 8.39. The van der Waals surface area contributed by atoms with Crippen LogP contribution in [0.25, 0.3) is 16.6 Å². The minimum Gasteiger partial charge on any atom is -0.469 e. The van der Waals surface area contributed by atoms with Crippen LogP contribution in [0.3, 0.4) is 0 Å². The molecule has 0 bridgehead atoms. The van der Waals surface area contributed by atoms with Gasteiger partial charge >= 0.3 is 5.97 Å². The van der Waals surface area contributed by atoms with Gasteiger partial charge in [-0.25, -0.2) is 13.9 Å². The van der Waals surface area contributed by atoms with Gasteiger partial charge < -0.3 is 14.5 Å². The van der Waals surface area contributed by atoms with Crippen LogP contribution in [-0.2, 0) is 22.5 Å². The molecule has 0 aliphatic heterocycles. The van der Waals surface area contributed by atoms with Gasteiger partial charge in [-0.2, -0.15) is 5.10 Å². The molecular weight excluding hydrogens is 367 g/mol. The van der Waals surface area contributed by atoms with Crippen LogP contribution in [0, 0.1) is 5.82 Å². The molecule has 0 saturated carbocycles. The number of aromatic nitrogens is 3. The lowest BCUT2D eigenvalue weighted by atomic mass is 10.1. The Morgan fingerprint density at radius 1 is 1.32 bits per heavy atom. The zero-order valence-corrected chi connectivity index (χ0v) is 14.8. The molecule has 3 aromatic heterocycles. The number of carbonyl (C=O) groups excluding carboxylic acids is 2. The molecule has 0 aliphatic rings. The number of nitrogens with zero attached hydrogens (tertiary/aromatic N) is 3. The zero-order valence-electron chi connectivity index (χ0n) is 14.8. The topological polar surface area (TPSA) is 98.7 Å². The summed E-state index contributed by atoms with van der Waals surface area (Å²) < 4.78 is 25.7. The number of halogens is 1. The molecule has 8 nitrogen and oxygen atoms in total. The van der Waals surface area contributed by atoms with E-state index in [2.05, 4.69) is 20.1 Å². The molecule has 3 heterocycles. The van der Waals surface area contributed by atoms with Gasteiger partial charge in [-0.05, 0) is 24.3 Å². The van der Waals surface area contributed by atoms with Crippen molar-refractivity contribution in [3.8, 4) is 0 Å². The standard InChI is InChI=1S/C19H15FN4O4/c1-27-16(25)8-12-6-13(20)5-11-7-14(28-17(11)12)9-22-19(26)15-10-23-24-4-2-3-21-18(15)24/h2-7,10H,8-9H2,1H3,(H,22,26). The molecule has 0 spiro atoms. The summed E-state index contributed by atoms with van der Waals surface area (Å²) in [4.78, 5) is 28.1. The van der Waals surface area contributed by atoms with Crippen LogP contribution >= 0.6 is 0 Å². The number of methoxy groups -OCH3 is 1. The first-order valence-electron chi connectivity index (χ1n) is 8.39. The molecule has 0 saturated heterocycles. The lowest BCUT2D eigenvalue weighted by Crippen LogP contribution is -2.22. The maximum atomic E-state index is 13.8. The summed E-state index contributed by atoms with van der Waals surface area (Å²) in [7, 11) is 1.26. The van der Waals surface area contributed by atoms with Gasteiger partial charge in [-0.3, -0.25) is 9.59 Å². The molecule has 0 radical (unpaired) electrons. The van der Waals surface area contributed by atoms with Gasteiger partial charge in [0.05, 0.1) is 26.3 Å². The minimum absolute atomic E-state index is 0.0803. The highest BCUT2D eigenvalue weighted by Gasteiger charge is 2.16. The number of benzene rings is 1. The summed E-state index contributed by atoms with van der Waals surface area (Å²) in [5.41, 5.74) is 1.53. The second-order valence-electron chi connectivity index (χ2n) is 6.08. The van der Waals surface area contributed by atoms with Crippen LogP contribution in [-0.4, -0.2) is 33.6 Å². The van der Waals surface area contributed by atoms with Crippen molar-refractivity contribution < 1.29 is 23.1 Å². The quantitative estimate of drug-likeness (QED) is 0.532. The van der Waals surface area contributed by atoms with Gasteiger partial charge in [0.1, 0.15) is 22.7 Å². The average molecular weight is 382 g/mol. The molecule has 0 atom stereocenters. The fourth-order valence-electron chi connectivity index (χ4n) is 2.93. The molecule has 4 aromatic rings. The predicted octanol–water partition coefficient (Wildman–Crippen LogP) is 2.26.